The molecule has 8 nitrogen and oxygen atoms in total. The lowest BCUT2D eigenvalue weighted by atomic mass is 9.80. The first-order valence-corrected chi connectivity index (χ1v) is 8.55. The third-order valence-electron chi connectivity index (χ3n) is 5.42. The van der Waals surface area contributed by atoms with Gasteiger partial charge in [0.25, 0.3) is 5.91 Å². The lowest BCUT2D eigenvalue weighted by Crippen LogP contribution is -2.35. The number of amides is 1. The molecule has 0 unspecified atom stereocenters. The van der Waals surface area contributed by atoms with Crippen LogP contribution in [-0.2, 0) is 12.0 Å². The molecule has 2 atom stereocenters. The standard InChI is InChI=1S/C16H22N6O2/c1-4-22-18-10(2)13(19-22)14(23)21-8-12-6-5-7-16(12,9-21)15-17-11(3)20-24-15/h12H,4-9H2,1-3H3/t12-,16-/m0/s1. The molecule has 0 N–H and O–H groups in total. The molecule has 1 aliphatic heterocycles. The largest absolute Gasteiger partial charge is 0.339 e. The summed E-state index contributed by atoms with van der Waals surface area (Å²) in [7, 11) is 0. The minimum atomic E-state index is -0.189. The number of hydrogen-bond donors (Lipinski definition) is 0. The van der Waals surface area contributed by atoms with Crippen molar-refractivity contribution in [3.63, 3.8) is 0 Å². The van der Waals surface area contributed by atoms with Crippen LogP contribution in [0, 0.1) is 19.8 Å². The van der Waals surface area contributed by atoms with Crippen molar-refractivity contribution in [1.82, 2.24) is 30.0 Å². The highest BCUT2D eigenvalue weighted by molar-refractivity contribution is 5.93. The van der Waals surface area contributed by atoms with Crippen LogP contribution in [0.2, 0.25) is 0 Å². The summed E-state index contributed by atoms with van der Waals surface area (Å²) in [5, 5.41) is 12.6. The van der Waals surface area contributed by atoms with Gasteiger partial charge in [-0.25, -0.2) is 0 Å². The van der Waals surface area contributed by atoms with Gasteiger partial charge >= 0.3 is 0 Å². The SMILES string of the molecule is CCn1nc(C)c(C(=O)N2C[C@@H]3CCC[C@]3(c3nc(C)no3)C2)n1. The summed E-state index contributed by atoms with van der Waals surface area (Å²) < 4.78 is 5.50. The molecule has 1 amide bonds. The average molecular weight is 330 g/mol. The number of hydrogen-bond acceptors (Lipinski definition) is 6. The lowest BCUT2D eigenvalue weighted by molar-refractivity contribution is 0.0767. The number of likely N-dealkylation sites (tertiary alicyclic amines) is 1. The Morgan fingerprint density at radius 2 is 2.21 bits per heavy atom. The van der Waals surface area contributed by atoms with Gasteiger partial charge in [-0.2, -0.15) is 14.9 Å². The Bertz CT molecular complexity index is 781. The molecule has 0 aromatic carbocycles. The number of carbonyl (C=O) groups is 1. The molecule has 1 aliphatic carbocycles. The summed E-state index contributed by atoms with van der Waals surface area (Å²) in [5.74, 6) is 1.67. The van der Waals surface area contributed by atoms with Gasteiger partial charge in [0.05, 0.1) is 17.7 Å². The van der Waals surface area contributed by atoms with Gasteiger partial charge in [0.15, 0.2) is 11.5 Å². The Morgan fingerprint density at radius 3 is 2.88 bits per heavy atom. The Labute approximate surface area is 140 Å². The zero-order valence-electron chi connectivity index (χ0n) is 14.3. The molecule has 0 spiro atoms. The van der Waals surface area contributed by atoms with Gasteiger partial charge in [-0.05, 0) is 39.5 Å². The van der Waals surface area contributed by atoms with Crippen LogP contribution in [0.1, 0.15) is 54.1 Å². The number of aromatic nitrogens is 5. The molecule has 128 valence electrons. The molecule has 0 radical (unpaired) electrons. The Balaban J connectivity index is 1.63. The lowest BCUT2D eigenvalue weighted by Gasteiger charge is -2.23. The molecular weight excluding hydrogens is 308 g/mol. The first-order valence-electron chi connectivity index (χ1n) is 8.55. The molecule has 2 aliphatic rings. The van der Waals surface area contributed by atoms with E-state index in [2.05, 4.69) is 20.3 Å². The number of aryl methyl sites for hydroxylation is 3. The van der Waals surface area contributed by atoms with Crippen molar-refractivity contribution in [1.29, 1.82) is 0 Å². The van der Waals surface area contributed by atoms with E-state index < -0.39 is 0 Å². The van der Waals surface area contributed by atoms with Crippen LogP contribution in [-0.4, -0.2) is 49.0 Å². The monoisotopic (exact) mass is 330 g/mol. The number of carbonyl (C=O) groups excluding carboxylic acids is 1. The Morgan fingerprint density at radius 1 is 1.38 bits per heavy atom. The van der Waals surface area contributed by atoms with Gasteiger partial charge < -0.3 is 9.42 Å². The van der Waals surface area contributed by atoms with E-state index in [1.807, 2.05) is 25.7 Å². The second kappa shape index (κ2) is 5.39. The predicted molar refractivity (Wildman–Crippen MR) is 84.4 cm³/mol. The molecule has 8 heteroatoms. The third kappa shape index (κ3) is 2.16. The van der Waals surface area contributed by atoms with Crippen molar-refractivity contribution in [3.05, 3.63) is 23.1 Å². The van der Waals surface area contributed by atoms with E-state index in [0.29, 0.717) is 42.1 Å². The van der Waals surface area contributed by atoms with E-state index in [0.717, 1.165) is 25.8 Å². The first kappa shape index (κ1) is 15.3. The van der Waals surface area contributed by atoms with Crippen LogP contribution in [0.25, 0.3) is 0 Å². The smallest absolute Gasteiger partial charge is 0.276 e. The van der Waals surface area contributed by atoms with Crippen LogP contribution in [0.15, 0.2) is 4.52 Å². The van der Waals surface area contributed by atoms with Crippen molar-refractivity contribution in [2.24, 2.45) is 5.92 Å². The van der Waals surface area contributed by atoms with E-state index in [-0.39, 0.29) is 11.3 Å². The first-order chi connectivity index (χ1) is 11.5. The quantitative estimate of drug-likeness (QED) is 0.847. The molecule has 0 bridgehead atoms. The van der Waals surface area contributed by atoms with E-state index >= 15 is 0 Å². The van der Waals surface area contributed by atoms with Gasteiger partial charge in [-0.15, -0.1) is 5.10 Å². The molecule has 2 aromatic rings. The highest BCUT2D eigenvalue weighted by Crippen LogP contribution is 2.50. The Hall–Kier alpha value is -2.25. The highest BCUT2D eigenvalue weighted by atomic mass is 16.5. The van der Waals surface area contributed by atoms with E-state index in [1.165, 1.54) is 0 Å². The fraction of sp³-hybridized carbons (Fsp3) is 0.688. The molecular formula is C16H22N6O2. The van der Waals surface area contributed by atoms with Crippen molar-refractivity contribution >= 4 is 5.91 Å². The van der Waals surface area contributed by atoms with Crippen LogP contribution < -0.4 is 0 Å². The summed E-state index contributed by atoms with van der Waals surface area (Å²) >= 11 is 0. The number of nitrogens with zero attached hydrogens (tertiary/aromatic N) is 6. The maximum Gasteiger partial charge on any atom is 0.276 e. The Kier molecular flexibility index (Phi) is 3.43. The normalized spacial score (nSPS) is 26.1. The number of rotatable bonds is 3. The summed E-state index contributed by atoms with van der Waals surface area (Å²) in [6.45, 7) is 7.62. The minimum Gasteiger partial charge on any atom is -0.339 e. The average Bonchev–Trinajstić information content (AvgIpc) is 3.28. The maximum atomic E-state index is 13.0. The highest BCUT2D eigenvalue weighted by Gasteiger charge is 2.55. The van der Waals surface area contributed by atoms with Crippen LogP contribution >= 0.6 is 0 Å². The summed E-state index contributed by atoms with van der Waals surface area (Å²) in [6, 6.07) is 0. The molecule has 24 heavy (non-hydrogen) atoms. The third-order valence-corrected chi connectivity index (χ3v) is 5.42. The van der Waals surface area contributed by atoms with Gasteiger partial charge in [0, 0.05) is 13.1 Å². The fourth-order valence-electron chi connectivity index (χ4n) is 4.21. The van der Waals surface area contributed by atoms with Crippen molar-refractivity contribution in [2.45, 2.75) is 52.0 Å². The molecule has 4 rings (SSSR count). The maximum absolute atomic E-state index is 13.0. The van der Waals surface area contributed by atoms with Crippen LogP contribution in [0.3, 0.4) is 0 Å². The zero-order chi connectivity index (χ0) is 16.9. The zero-order valence-corrected chi connectivity index (χ0v) is 14.3. The topological polar surface area (TPSA) is 89.9 Å². The second-order valence-corrected chi connectivity index (χ2v) is 6.90. The van der Waals surface area contributed by atoms with Gasteiger partial charge in [-0.3, -0.25) is 4.79 Å². The van der Waals surface area contributed by atoms with Gasteiger partial charge in [0.2, 0.25) is 5.89 Å². The van der Waals surface area contributed by atoms with Crippen LogP contribution in [0.4, 0.5) is 0 Å². The van der Waals surface area contributed by atoms with Crippen molar-refractivity contribution < 1.29 is 9.32 Å². The van der Waals surface area contributed by atoms with E-state index in [1.54, 1.807) is 4.80 Å². The number of fused-ring (bicyclic) bond motifs is 1. The summed E-state index contributed by atoms with van der Waals surface area (Å²) in [6.07, 6.45) is 3.22. The van der Waals surface area contributed by atoms with Gasteiger partial charge in [-0.1, -0.05) is 11.6 Å². The van der Waals surface area contributed by atoms with Gasteiger partial charge in [0.1, 0.15) is 0 Å². The molecule has 2 fully saturated rings. The molecule has 1 saturated carbocycles. The minimum absolute atomic E-state index is 0.0442. The van der Waals surface area contributed by atoms with Crippen molar-refractivity contribution in [3.8, 4) is 0 Å². The van der Waals surface area contributed by atoms with E-state index in [4.69, 9.17) is 4.52 Å². The molecule has 1 saturated heterocycles. The molecule has 3 heterocycles. The fourth-order valence-corrected chi connectivity index (χ4v) is 4.21. The second-order valence-electron chi connectivity index (χ2n) is 6.90. The van der Waals surface area contributed by atoms with Crippen LogP contribution in [0.5, 0.6) is 0 Å². The summed E-state index contributed by atoms with van der Waals surface area (Å²) in [4.78, 5) is 20.9. The summed E-state index contributed by atoms with van der Waals surface area (Å²) in [5.41, 5.74) is 0.946. The molecule has 2 aromatic heterocycles. The predicted octanol–water partition coefficient (Wildman–Crippen LogP) is 1.49. The van der Waals surface area contributed by atoms with Crippen molar-refractivity contribution in [2.75, 3.05) is 13.1 Å². The van der Waals surface area contributed by atoms with E-state index in [9.17, 15) is 4.79 Å².